The second-order valence-electron chi connectivity index (χ2n) is 10.2. The number of carbonyl (C=O) groups is 2. The van der Waals surface area contributed by atoms with E-state index in [1.54, 1.807) is 36.1 Å². The first-order chi connectivity index (χ1) is 16.6. The summed E-state index contributed by atoms with van der Waals surface area (Å²) in [5, 5.41) is 24.4. The Morgan fingerprint density at radius 3 is 2.89 bits per heavy atom. The molecule has 1 unspecified atom stereocenters. The van der Waals surface area contributed by atoms with Crippen LogP contribution in [-0.4, -0.2) is 63.2 Å². The summed E-state index contributed by atoms with van der Waals surface area (Å²) in [5.74, 6) is -0.881. The van der Waals surface area contributed by atoms with E-state index in [2.05, 4.69) is 11.9 Å². The lowest BCUT2D eigenvalue weighted by Gasteiger charge is -2.32. The number of thioether (sulfide) groups is 1. The van der Waals surface area contributed by atoms with Gasteiger partial charge in [0.25, 0.3) is 0 Å². The third-order valence-electron chi connectivity index (χ3n) is 7.43. The molecule has 2 aliphatic heterocycles. The van der Waals surface area contributed by atoms with Crippen molar-refractivity contribution < 1.29 is 29.3 Å². The number of rotatable bonds is 4. The number of ether oxygens (including phenoxy) is 2. The van der Waals surface area contributed by atoms with E-state index in [1.165, 1.54) is 0 Å². The number of nitrogens with zero attached hydrogens (tertiary/aromatic N) is 1. The third kappa shape index (κ3) is 6.07. The molecule has 0 radical (unpaired) electrons. The van der Waals surface area contributed by atoms with Gasteiger partial charge in [0.1, 0.15) is 11.1 Å². The van der Waals surface area contributed by atoms with Gasteiger partial charge in [0.2, 0.25) is 0 Å². The maximum atomic E-state index is 12.9. The van der Waals surface area contributed by atoms with Crippen LogP contribution >= 0.6 is 23.1 Å². The highest BCUT2D eigenvalue weighted by atomic mass is 32.2. The molecule has 1 fully saturated rings. The second kappa shape index (κ2) is 10.8. The molecule has 1 aromatic rings. The number of aliphatic hydroxyl groups is 2. The standard InChI is InChI=1S/C26H35NO6S2/c1-14(8-17-12-35-22(27-17)13-34-4)20-11-21-26(3,33-21)7-5-6-16-9-18(19(28)10-23(29)32-20)25(31)15(2)24(16)30/h8-9,12,15-16,19-21,24,28,30H,5-7,10-11,13H2,1-4H3/b14-8+/t15-,16?,19+,20+,21+,24-,26-/m1/s1. The minimum absolute atomic E-state index is 0.0399. The number of hydrogen-bond donors (Lipinski definition) is 2. The molecule has 35 heavy (non-hydrogen) atoms. The number of aliphatic hydroxyl groups excluding tert-OH is 2. The van der Waals surface area contributed by atoms with Crippen LogP contribution in [0.4, 0.5) is 0 Å². The Labute approximate surface area is 215 Å². The zero-order valence-electron chi connectivity index (χ0n) is 20.7. The fourth-order valence-corrected chi connectivity index (χ4v) is 6.60. The van der Waals surface area contributed by atoms with Crippen LogP contribution < -0.4 is 0 Å². The predicted molar refractivity (Wildman–Crippen MR) is 137 cm³/mol. The summed E-state index contributed by atoms with van der Waals surface area (Å²) >= 11 is 3.32. The van der Waals surface area contributed by atoms with Crippen LogP contribution in [0.1, 0.15) is 63.6 Å². The van der Waals surface area contributed by atoms with Gasteiger partial charge in [0.15, 0.2) is 5.78 Å². The first-order valence-electron chi connectivity index (χ1n) is 12.2. The van der Waals surface area contributed by atoms with Crippen LogP contribution in [0.15, 0.2) is 22.6 Å². The monoisotopic (exact) mass is 521 g/mol. The van der Waals surface area contributed by atoms with Crippen LogP contribution in [-0.2, 0) is 24.8 Å². The number of fused-ring (bicyclic) bond motifs is 2. The number of esters is 1. The number of aromatic nitrogens is 1. The normalized spacial score (nSPS) is 36.6. The number of hydrogen-bond acceptors (Lipinski definition) is 9. The van der Waals surface area contributed by atoms with Crippen molar-refractivity contribution in [1.29, 1.82) is 0 Å². The molecule has 1 saturated heterocycles. The van der Waals surface area contributed by atoms with E-state index in [4.69, 9.17) is 9.47 Å². The topological polar surface area (TPSA) is 109 Å². The van der Waals surface area contributed by atoms with E-state index in [1.807, 2.05) is 24.6 Å². The van der Waals surface area contributed by atoms with Gasteiger partial charge in [-0.25, -0.2) is 4.98 Å². The lowest BCUT2D eigenvalue weighted by Crippen LogP contribution is -2.40. The number of carbonyl (C=O) groups excluding carboxylic acids is 2. The highest BCUT2D eigenvalue weighted by Crippen LogP contribution is 2.45. The molecular formula is C26H35NO6S2. The smallest absolute Gasteiger partial charge is 0.309 e. The van der Waals surface area contributed by atoms with Crippen LogP contribution in [0, 0.1) is 11.8 Å². The Hall–Kier alpha value is -1.52. The molecule has 0 aromatic carbocycles. The summed E-state index contributed by atoms with van der Waals surface area (Å²) in [5.41, 5.74) is 1.61. The van der Waals surface area contributed by atoms with Crippen LogP contribution in [0.5, 0.6) is 0 Å². The Morgan fingerprint density at radius 1 is 1.37 bits per heavy atom. The van der Waals surface area contributed by atoms with Crippen LogP contribution in [0.3, 0.4) is 0 Å². The molecule has 3 heterocycles. The number of ketones is 1. The molecule has 7 nitrogen and oxygen atoms in total. The molecular weight excluding hydrogens is 486 g/mol. The van der Waals surface area contributed by atoms with E-state index in [0.29, 0.717) is 12.8 Å². The first-order valence-corrected chi connectivity index (χ1v) is 14.5. The summed E-state index contributed by atoms with van der Waals surface area (Å²) in [4.78, 5) is 30.3. The zero-order valence-corrected chi connectivity index (χ0v) is 22.4. The summed E-state index contributed by atoms with van der Waals surface area (Å²) in [6, 6.07) is 0. The fraction of sp³-hybridized carbons (Fsp3) is 0.654. The van der Waals surface area contributed by atoms with E-state index in [-0.39, 0.29) is 35.4 Å². The number of epoxide rings is 1. The molecule has 0 amide bonds. The molecule has 192 valence electrons. The molecule has 4 rings (SSSR count). The minimum atomic E-state index is -1.25. The van der Waals surface area contributed by atoms with Crippen molar-refractivity contribution >= 4 is 40.9 Å². The highest BCUT2D eigenvalue weighted by Gasteiger charge is 2.53. The molecule has 9 heteroatoms. The van der Waals surface area contributed by atoms with Gasteiger partial charge in [0, 0.05) is 35.0 Å². The fourth-order valence-electron chi connectivity index (χ4n) is 5.13. The molecule has 3 aliphatic rings. The second-order valence-corrected chi connectivity index (χ2v) is 12.0. The van der Waals surface area contributed by atoms with Gasteiger partial charge >= 0.3 is 5.97 Å². The molecule has 2 bridgehead atoms. The summed E-state index contributed by atoms with van der Waals surface area (Å²) in [6.07, 6.45) is 5.58. The molecule has 2 N–H and O–H groups in total. The first kappa shape index (κ1) is 26.5. The highest BCUT2D eigenvalue weighted by molar-refractivity contribution is 7.97. The average molecular weight is 522 g/mol. The summed E-state index contributed by atoms with van der Waals surface area (Å²) in [6.45, 7) is 5.67. The van der Waals surface area contributed by atoms with Crippen molar-refractivity contribution in [2.45, 2.75) is 88.6 Å². The molecule has 0 spiro atoms. The number of Topliss-reactive ketones (excluding diaryl/α,β-unsaturated/α-hetero) is 1. The van der Waals surface area contributed by atoms with Crippen LogP contribution in [0.25, 0.3) is 6.08 Å². The number of cyclic esters (lactones) is 1. The van der Waals surface area contributed by atoms with Crippen molar-refractivity contribution in [2.75, 3.05) is 6.26 Å². The quantitative estimate of drug-likeness (QED) is 0.453. The predicted octanol–water partition coefficient (Wildman–Crippen LogP) is 3.93. The van der Waals surface area contributed by atoms with E-state index < -0.39 is 30.2 Å². The van der Waals surface area contributed by atoms with Crippen LogP contribution in [0.2, 0.25) is 0 Å². The lowest BCUT2D eigenvalue weighted by atomic mass is 9.75. The Balaban J connectivity index is 1.57. The summed E-state index contributed by atoms with van der Waals surface area (Å²) in [7, 11) is 0. The molecule has 1 aromatic heterocycles. The Morgan fingerprint density at radius 2 is 2.14 bits per heavy atom. The van der Waals surface area contributed by atoms with Crippen molar-refractivity contribution in [3.05, 3.63) is 33.3 Å². The minimum Gasteiger partial charge on any atom is -0.458 e. The van der Waals surface area contributed by atoms with Gasteiger partial charge in [-0.2, -0.15) is 11.8 Å². The maximum absolute atomic E-state index is 12.9. The average Bonchev–Trinajstić information content (AvgIpc) is 3.21. The Kier molecular flexibility index (Phi) is 8.22. The Bertz CT molecular complexity index is 1020. The SMILES string of the molecule is CSCc1nc(/C=C(\C)[C@@H]2C[C@@H]3O[C@]3(C)CCCC3C=C(C(=O)[C@H](C)[C@H]3O)[C@@H](O)CC(=O)O2)cs1. The molecule has 0 saturated carbocycles. The van der Waals surface area contributed by atoms with Gasteiger partial charge in [-0.3, -0.25) is 9.59 Å². The largest absolute Gasteiger partial charge is 0.458 e. The summed E-state index contributed by atoms with van der Waals surface area (Å²) < 4.78 is 11.9. The van der Waals surface area contributed by atoms with Gasteiger partial charge in [-0.1, -0.05) is 13.0 Å². The van der Waals surface area contributed by atoms with Gasteiger partial charge in [-0.05, 0) is 51.0 Å². The van der Waals surface area contributed by atoms with Crippen molar-refractivity contribution in [3.63, 3.8) is 0 Å². The molecule has 1 aliphatic carbocycles. The van der Waals surface area contributed by atoms with E-state index >= 15 is 0 Å². The lowest BCUT2D eigenvalue weighted by molar-refractivity contribution is -0.149. The zero-order chi connectivity index (χ0) is 25.3. The maximum Gasteiger partial charge on any atom is 0.309 e. The van der Waals surface area contributed by atoms with Crippen molar-refractivity contribution in [2.24, 2.45) is 11.8 Å². The van der Waals surface area contributed by atoms with E-state index in [9.17, 15) is 19.8 Å². The van der Waals surface area contributed by atoms with Gasteiger partial charge in [-0.15, -0.1) is 11.3 Å². The van der Waals surface area contributed by atoms with Gasteiger partial charge < -0.3 is 19.7 Å². The van der Waals surface area contributed by atoms with Gasteiger partial charge in [0.05, 0.1) is 36.0 Å². The van der Waals surface area contributed by atoms with Crippen molar-refractivity contribution in [3.8, 4) is 0 Å². The number of thiazole rings is 1. The van der Waals surface area contributed by atoms with Crippen molar-refractivity contribution in [1.82, 2.24) is 4.98 Å². The third-order valence-corrected chi connectivity index (χ3v) is 9.04. The van der Waals surface area contributed by atoms with E-state index in [0.717, 1.165) is 34.9 Å². The molecule has 7 atom stereocenters.